The fraction of sp³-hybridized carbons (Fsp3) is 0.182. The Balaban J connectivity index is 3.08. The summed E-state index contributed by atoms with van der Waals surface area (Å²) in [5, 5.41) is 3.21. The van der Waals surface area contributed by atoms with Crippen LogP contribution >= 0.6 is 0 Å². The van der Waals surface area contributed by atoms with Crippen LogP contribution in [0.3, 0.4) is 0 Å². The lowest BCUT2D eigenvalue weighted by molar-refractivity contribution is 0.101. The van der Waals surface area contributed by atoms with E-state index in [0.717, 1.165) is 0 Å². The van der Waals surface area contributed by atoms with Gasteiger partial charge in [0.15, 0.2) is 5.78 Å². The van der Waals surface area contributed by atoms with E-state index in [1.807, 2.05) is 0 Å². The third kappa shape index (κ3) is 3.12. The van der Waals surface area contributed by atoms with Gasteiger partial charge in [-0.3, -0.25) is 4.79 Å². The molecule has 16 heavy (non-hydrogen) atoms. The number of nitrogens with zero attached hydrogens (tertiary/aromatic N) is 3. The molecule has 0 aliphatic heterocycles. The van der Waals surface area contributed by atoms with Crippen LogP contribution in [0.2, 0.25) is 0 Å². The van der Waals surface area contributed by atoms with E-state index in [9.17, 15) is 9.18 Å². The maximum absolute atomic E-state index is 12.9. The van der Waals surface area contributed by atoms with Crippen molar-refractivity contribution < 1.29 is 9.18 Å². The second-order valence-electron chi connectivity index (χ2n) is 2.94. The van der Waals surface area contributed by atoms with Gasteiger partial charge >= 0.3 is 0 Å². The highest BCUT2D eigenvalue weighted by atomic mass is 19.1. The molecule has 0 aliphatic rings. The first-order valence-corrected chi connectivity index (χ1v) is 4.45. The van der Waals surface area contributed by atoms with Crippen LogP contribution < -0.4 is 0 Å². The van der Waals surface area contributed by atoms with Gasteiger partial charge in [0.25, 0.3) is 0 Å². The summed E-state index contributed by atoms with van der Waals surface area (Å²) < 4.78 is 12.9. The molecule has 0 aliphatic carbocycles. The number of halogens is 1. The van der Waals surface area contributed by atoms with Crippen LogP contribution in [0.5, 0.6) is 0 Å². The van der Waals surface area contributed by atoms with Crippen LogP contribution in [0.4, 0.5) is 4.39 Å². The first kappa shape index (κ1) is 11.8. The zero-order valence-corrected chi connectivity index (χ0v) is 8.57. The summed E-state index contributed by atoms with van der Waals surface area (Å²) in [6.07, 6.45) is 0. The van der Waals surface area contributed by atoms with E-state index >= 15 is 0 Å². The lowest BCUT2D eigenvalue weighted by Gasteiger charge is -1.99. The highest BCUT2D eigenvalue weighted by molar-refractivity contribution is 5.96. The molecule has 0 heterocycles. The van der Waals surface area contributed by atoms with Gasteiger partial charge in [0, 0.05) is 16.0 Å². The topological polar surface area (TPSA) is 65.8 Å². The van der Waals surface area contributed by atoms with Gasteiger partial charge in [0.2, 0.25) is 0 Å². The molecule has 0 aromatic heterocycles. The summed E-state index contributed by atoms with van der Waals surface area (Å²) in [7, 11) is 0. The monoisotopic (exact) mass is 217 g/mol. The SMILES string of the molecule is CC(=O)c1ccc(F)cc1C#CCN=[N+]=[N-]. The molecule has 1 aromatic rings. The third-order valence-electron chi connectivity index (χ3n) is 1.80. The van der Waals surface area contributed by atoms with Crippen LogP contribution in [-0.4, -0.2) is 12.3 Å². The standard InChI is InChI=1S/C11H8FN3O/c1-8(16)11-5-4-10(12)7-9(11)3-2-6-14-15-13/h4-5,7H,6H2,1H3. The number of hydrogen-bond acceptors (Lipinski definition) is 2. The highest BCUT2D eigenvalue weighted by Gasteiger charge is 2.05. The second kappa shape index (κ2) is 5.54. The summed E-state index contributed by atoms with van der Waals surface area (Å²) in [5.74, 6) is 4.48. The van der Waals surface area contributed by atoms with Crippen LogP contribution in [-0.2, 0) is 0 Å². The minimum atomic E-state index is -0.460. The Kier molecular flexibility index (Phi) is 4.07. The molecule has 0 saturated heterocycles. The van der Waals surface area contributed by atoms with Gasteiger partial charge in [0.05, 0.1) is 6.54 Å². The van der Waals surface area contributed by atoms with Crippen molar-refractivity contribution in [3.63, 3.8) is 0 Å². The van der Waals surface area contributed by atoms with E-state index in [1.165, 1.54) is 25.1 Å². The number of hydrogen-bond donors (Lipinski definition) is 0. The number of azide groups is 1. The summed E-state index contributed by atoms with van der Waals surface area (Å²) in [4.78, 5) is 13.7. The summed E-state index contributed by atoms with van der Waals surface area (Å²) >= 11 is 0. The number of rotatable bonds is 2. The van der Waals surface area contributed by atoms with Crippen molar-refractivity contribution in [3.8, 4) is 11.8 Å². The van der Waals surface area contributed by atoms with Crippen LogP contribution in [0, 0.1) is 17.7 Å². The Hall–Kier alpha value is -2.31. The van der Waals surface area contributed by atoms with E-state index in [0.29, 0.717) is 11.1 Å². The van der Waals surface area contributed by atoms with Crippen molar-refractivity contribution in [1.29, 1.82) is 0 Å². The van der Waals surface area contributed by atoms with Gasteiger partial charge in [0.1, 0.15) is 5.82 Å². The van der Waals surface area contributed by atoms with Gasteiger partial charge < -0.3 is 0 Å². The van der Waals surface area contributed by atoms with E-state index in [1.54, 1.807) is 0 Å². The molecule has 1 aromatic carbocycles. The molecule has 80 valence electrons. The maximum atomic E-state index is 12.9. The third-order valence-corrected chi connectivity index (χ3v) is 1.80. The Morgan fingerprint density at radius 2 is 2.38 bits per heavy atom. The van der Waals surface area contributed by atoms with E-state index in [2.05, 4.69) is 21.9 Å². The molecular weight excluding hydrogens is 209 g/mol. The van der Waals surface area contributed by atoms with Crippen molar-refractivity contribution in [2.75, 3.05) is 6.54 Å². The average molecular weight is 217 g/mol. The van der Waals surface area contributed by atoms with E-state index < -0.39 is 5.82 Å². The molecule has 0 fully saturated rings. The fourth-order valence-corrected chi connectivity index (χ4v) is 1.13. The molecule has 0 bridgehead atoms. The molecule has 0 radical (unpaired) electrons. The van der Waals surface area contributed by atoms with Crippen molar-refractivity contribution in [2.24, 2.45) is 5.11 Å². The normalized spacial score (nSPS) is 8.62. The Bertz CT molecular complexity index is 522. The number of carbonyl (C=O) groups excluding carboxylic acids is 1. The van der Waals surface area contributed by atoms with Gasteiger partial charge in [-0.15, -0.1) is 0 Å². The molecule has 4 nitrogen and oxygen atoms in total. The molecule has 0 saturated carbocycles. The zero-order chi connectivity index (χ0) is 12.0. The first-order valence-electron chi connectivity index (χ1n) is 4.45. The van der Waals surface area contributed by atoms with Gasteiger partial charge in [-0.2, -0.15) is 0 Å². The molecule has 5 heteroatoms. The quantitative estimate of drug-likeness (QED) is 0.247. The molecule has 0 amide bonds. The fourth-order valence-electron chi connectivity index (χ4n) is 1.13. The predicted octanol–water partition coefficient (Wildman–Crippen LogP) is 2.69. The summed E-state index contributed by atoms with van der Waals surface area (Å²) in [6, 6.07) is 3.77. The molecule has 0 unspecified atom stereocenters. The van der Waals surface area contributed by atoms with Gasteiger partial charge in [-0.25, -0.2) is 4.39 Å². The second-order valence-corrected chi connectivity index (χ2v) is 2.94. The van der Waals surface area contributed by atoms with Crippen molar-refractivity contribution >= 4 is 5.78 Å². The van der Waals surface area contributed by atoms with Crippen LogP contribution in [0.15, 0.2) is 23.3 Å². The number of benzene rings is 1. The lowest BCUT2D eigenvalue weighted by atomic mass is 10.0. The summed E-state index contributed by atoms with van der Waals surface area (Å²) in [6.45, 7) is 1.37. The van der Waals surface area contributed by atoms with Crippen LogP contribution in [0.1, 0.15) is 22.8 Å². The minimum Gasteiger partial charge on any atom is -0.294 e. The Labute approximate surface area is 91.7 Å². The Morgan fingerprint density at radius 1 is 1.62 bits per heavy atom. The molecule has 0 N–H and O–H groups in total. The number of ketones is 1. The largest absolute Gasteiger partial charge is 0.294 e. The lowest BCUT2D eigenvalue weighted by Crippen LogP contribution is -1.97. The molecule has 0 spiro atoms. The molecule has 1 rings (SSSR count). The minimum absolute atomic E-state index is 0.00957. The van der Waals surface area contributed by atoms with E-state index in [4.69, 9.17) is 5.53 Å². The van der Waals surface area contributed by atoms with Gasteiger partial charge in [-0.1, -0.05) is 17.0 Å². The van der Waals surface area contributed by atoms with Crippen LogP contribution in [0.25, 0.3) is 10.4 Å². The van der Waals surface area contributed by atoms with Crippen molar-refractivity contribution in [3.05, 3.63) is 45.6 Å². The smallest absolute Gasteiger partial charge is 0.161 e. The predicted molar refractivity (Wildman–Crippen MR) is 57.3 cm³/mol. The molecular formula is C11H8FN3O. The van der Waals surface area contributed by atoms with E-state index in [-0.39, 0.29) is 12.3 Å². The Morgan fingerprint density at radius 3 is 3.00 bits per heavy atom. The van der Waals surface area contributed by atoms with Crippen molar-refractivity contribution in [2.45, 2.75) is 6.92 Å². The molecule has 0 atom stereocenters. The number of carbonyl (C=O) groups is 1. The first-order chi connectivity index (χ1) is 7.65. The highest BCUT2D eigenvalue weighted by Crippen LogP contribution is 2.10. The summed E-state index contributed by atoms with van der Waals surface area (Å²) in [5.41, 5.74) is 8.69. The maximum Gasteiger partial charge on any atom is 0.161 e. The number of Topliss-reactive ketones (excluding diaryl/α,β-unsaturated/α-hetero) is 1. The van der Waals surface area contributed by atoms with Crippen molar-refractivity contribution in [1.82, 2.24) is 0 Å². The zero-order valence-electron chi connectivity index (χ0n) is 8.57. The van der Waals surface area contributed by atoms with Gasteiger partial charge in [-0.05, 0) is 30.7 Å². The average Bonchev–Trinajstić information content (AvgIpc) is 2.24.